The molecule has 4 rings (SSSR count). The molecule has 2 aromatic rings. The average molecular weight is 397 g/mol. The third kappa shape index (κ3) is 3.32. The highest BCUT2D eigenvalue weighted by molar-refractivity contribution is 6.45. The van der Waals surface area contributed by atoms with Crippen LogP contribution in [-0.4, -0.2) is 41.5 Å². The van der Waals surface area contributed by atoms with Crippen LogP contribution >= 0.6 is 11.6 Å². The predicted octanol–water partition coefficient (Wildman–Crippen LogP) is 3.33. The van der Waals surface area contributed by atoms with Crippen molar-refractivity contribution in [3.63, 3.8) is 0 Å². The van der Waals surface area contributed by atoms with E-state index in [0.29, 0.717) is 40.6 Å². The van der Waals surface area contributed by atoms with Crippen LogP contribution in [0.25, 0.3) is 5.57 Å². The molecule has 0 aromatic heterocycles. The van der Waals surface area contributed by atoms with Crippen molar-refractivity contribution in [3.8, 4) is 0 Å². The molecule has 1 unspecified atom stereocenters. The van der Waals surface area contributed by atoms with Gasteiger partial charge in [0.25, 0.3) is 11.8 Å². The summed E-state index contributed by atoms with van der Waals surface area (Å²) >= 11 is 6.01. The van der Waals surface area contributed by atoms with Gasteiger partial charge in [0.2, 0.25) is 0 Å². The molecule has 0 bridgehead atoms. The fraction of sp³-hybridized carbons (Fsp3) is 0.273. The Morgan fingerprint density at radius 2 is 1.71 bits per heavy atom. The second kappa shape index (κ2) is 7.78. The number of hydrogen-bond acceptors (Lipinski definition) is 4. The van der Waals surface area contributed by atoms with Gasteiger partial charge in [-0.05, 0) is 48.6 Å². The molecule has 0 radical (unpaired) electrons. The summed E-state index contributed by atoms with van der Waals surface area (Å²) in [5.74, 6) is -0.555. The maximum absolute atomic E-state index is 13.4. The lowest BCUT2D eigenvalue weighted by Gasteiger charge is -2.34. The zero-order valence-electron chi connectivity index (χ0n) is 15.3. The van der Waals surface area contributed by atoms with Crippen LogP contribution in [0.3, 0.4) is 0 Å². The van der Waals surface area contributed by atoms with Gasteiger partial charge in [0.15, 0.2) is 0 Å². The Kier molecular flexibility index (Phi) is 5.20. The number of aliphatic hydroxyl groups excluding tert-OH is 1. The van der Waals surface area contributed by atoms with Crippen molar-refractivity contribution in [1.82, 2.24) is 4.90 Å². The van der Waals surface area contributed by atoms with Crippen LogP contribution in [0.2, 0.25) is 5.02 Å². The van der Waals surface area contributed by atoms with Crippen molar-refractivity contribution in [2.75, 3.05) is 24.6 Å². The second-order valence-corrected chi connectivity index (χ2v) is 7.59. The largest absolute Gasteiger partial charge is 0.396 e. The zero-order valence-corrected chi connectivity index (χ0v) is 16.1. The highest BCUT2D eigenvalue weighted by atomic mass is 35.5. The van der Waals surface area contributed by atoms with Crippen molar-refractivity contribution in [3.05, 3.63) is 70.9 Å². The van der Waals surface area contributed by atoms with Gasteiger partial charge in [0.05, 0.1) is 11.3 Å². The Morgan fingerprint density at radius 1 is 1.00 bits per heavy atom. The fourth-order valence-corrected chi connectivity index (χ4v) is 4.04. The number of rotatable bonds is 4. The Balaban J connectivity index is 1.81. The maximum Gasteiger partial charge on any atom is 0.282 e. The van der Waals surface area contributed by atoms with E-state index in [1.165, 1.54) is 4.90 Å². The van der Waals surface area contributed by atoms with Crippen LogP contribution in [0.1, 0.15) is 18.4 Å². The van der Waals surface area contributed by atoms with E-state index in [9.17, 15) is 14.7 Å². The van der Waals surface area contributed by atoms with Crippen LogP contribution < -0.4 is 4.90 Å². The summed E-state index contributed by atoms with van der Waals surface area (Å²) in [4.78, 5) is 29.9. The molecule has 0 spiro atoms. The lowest BCUT2D eigenvalue weighted by atomic mass is 9.97. The summed E-state index contributed by atoms with van der Waals surface area (Å²) in [7, 11) is 0. The third-order valence-corrected chi connectivity index (χ3v) is 5.55. The van der Waals surface area contributed by atoms with Crippen molar-refractivity contribution in [2.24, 2.45) is 5.92 Å². The first-order valence-electron chi connectivity index (χ1n) is 9.40. The molecule has 1 atom stereocenters. The van der Waals surface area contributed by atoms with Gasteiger partial charge in [-0.15, -0.1) is 0 Å². The van der Waals surface area contributed by atoms with E-state index in [4.69, 9.17) is 11.6 Å². The molecule has 0 saturated carbocycles. The molecule has 6 heteroatoms. The first-order chi connectivity index (χ1) is 13.6. The number of nitrogens with zero attached hydrogens (tertiary/aromatic N) is 2. The minimum absolute atomic E-state index is 0.0740. The first-order valence-corrected chi connectivity index (χ1v) is 9.78. The molecular weight excluding hydrogens is 376 g/mol. The van der Waals surface area contributed by atoms with Crippen LogP contribution in [0, 0.1) is 5.92 Å². The Labute approximate surface area is 168 Å². The summed E-state index contributed by atoms with van der Waals surface area (Å²) in [5, 5.41) is 10.2. The molecule has 5 nitrogen and oxygen atoms in total. The quantitative estimate of drug-likeness (QED) is 0.805. The lowest BCUT2D eigenvalue weighted by molar-refractivity contribution is -0.120. The number of para-hydroxylation sites is 1. The number of hydrogen-bond donors (Lipinski definition) is 1. The Hall–Kier alpha value is -2.63. The summed E-state index contributed by atoms with van der Waals surface area (Å²) in [6.45, 7) is 1.32. The Morgan fingerprint density at radius 3 is 2.39 bits per heavy atom. The molecule has 1 fully saturated rings. The SMILES string of the molecule is O=C1C(c2ccc(Cl)cc2)=C(N2CCCC(CO)C2)C(=O)N1c1ccccc1. The number of amides is 2. The minimum Gasteiger partial charge on any atom is -0.396 e. The number of piperidine rings is 1. The summed E-state index contributed by atoms with van der Waals surface area (Å²) in [6, 6.07) is 15.9. The third-order valence-electron chi connectivity index (χ3n) is 5.30. The maximum atomic E-state index is 13.4. The van der Waals surface area contributed by atoms with E-state index >= 15 is 0 Å². The first kappa shape index (κ1) is 18.7. The average Bonchev–Trinajstić information content (AvgIpc) is 2.99. The van der Waals surface area contributed by atoms with Crippen LogP contribution in [0.5, 0.6) is 0 Å². The number of carbonyl (C=O) groups excluding carboxylic acids is 2. The molecular formula is C22H21ClN2O3. The van der Waals surface area contributed by atoms with E-state index in [1.54, 1.807) is 48.5 Å². The van der Waals surface area contributed by atoms with E-state index in [1.807, 2.05) is 11.0 Å². The molecule has 144 valence electrons. The fourth-order valence-electron chi connectivity index (χ4n) is 3.92. The highest BCUT2D eigenvalue weighted by Crippen LogP contribution is 2.36. The number of aliphatic hydroxyl groups is 1. The number of imide groups is 1. The van der Waals surface area contributed by atoms with E-state index < -0.39 is 0 Å². The topological polar surface area (TPSA) is 60.9 Å². The van der Waals surface area contributed by atoms with Gasteiger partial charge in [0, 0.05) is 24.7 Å². The van der Waals surface area contributed by atoms with Crippen molar-refractivity contribution < 1.29 is 14.7 Å². The van der Waals surface area contributed by atoms with Crippen LogP contribution in [0.4, 0.5) is 5.69 Å². The smallest absolute Gasteiger partial charge is 0.282 e. The van der Waals surface area contributed by atoms with Gasteiger partial charge in [-0.2, -0.15) is 0 Å². The molecule has 2 aliphatic rings. The van der Waals surface area contributed by atoms with Crippen molar-refractivity contribution in [2.45, 2.75) is 12.8 Å². The monoisotopic (exact) mass is 396 g/mol. The van der Waals surface area contributed by atoms with Crippen LogP contribution in [0.15, 0.2) is 60.3 Å². The number of carbonyl (C=O) groups is 2. The van der Waals surface area contributed by atoms with Gasteiger partial charge in [0.1, 0.15) is 5.70 Å². The lowest BCUT2D eigenvalue weighted by Crippen LogP contribution is -2.40. The van der Waals surface area contributed by atoms with E-state index in [0.717, 1.165) is 12.8 Å². The predicted molar refractivity (Wildman–Crippen MR) is 109 cm³/mol. The summed E-state index contributed by atoms with van der Waals surface area (Å²) in [6.07, 6.45) is 1.79. The van der Waals surface area contributed by atoms with Gasteiger partial charge in [-0.25, -0.2) is 4.90 Å². The molecule has 0 aliphatic carbocycles. The molecule has 2 amide bonds. The van der Waals surface area contributed by atoms with Crippen molar-refractivity contribution in [1.29, 1.82) is 0 Å². The van der Waals surface area contributed by atoms with Gasteiger partial charge < -0.3 is 10.0 Å². The molecule has 1 saturated heterocycles. The standard InChI is InChI=1S/C22H21ClN2O3/c23-17-10-8-16(9-11-17)19-20(24-12-4-5-15(13-24)14-26)22(28)25(21(19)27)18-6-2-1-3-7-18/h1-3,6-11,15,26H,4-5,12-14H2. The van der Waals surface area contributed by atoms with Crippen LogP contribution in [-0.2, 0) is 9.59 Å². The molecule has 2 aromatic carbocycles. The number of benzene rings is 2. The number of anilines is 1. The molecule has 28 heavy (non-hydrogen) atoms. The van der Waals surface area contributed by atoms with Gasteiger partial charge >= 0.3 is 0 Å². The normalized spacial score (nSPS) is 20.3. The second-order valence-electron chi connectivity index (χ2n) is 7.15. The van der Waals surface area contributed by atoms with Crippen molar-refractivity contribution >= 4 is 34.7 Å². The van der Waals surface area contributed by atoms with Gasteiger partial charge in [-0.3, -0.25) is 9.59 Å². The summed E-state index contributed by atoms with van der Waals surface area (Å²) < 4.78 is 0. The molecule has 2 heterocycles. The van der Waals surface area contributed by atoms with E-state index in [-0.39, 0.29) is 24.3 Å². The zero-order chi connectivity index (χ0) is 19.7. The minimum atomic E-state index is -0.334. The number of likely N-dealkylation sites (tertiary alicyclic amines) is 1. The number of halogens is 1. The van der Waals surface area contributed by atoms with E-state index in [2.05, 4.69) is 0 Å². The molecule has 2 aliphatic heterocycles. The highest BCUT2D eigenvalue weighted by Gasteiger charge is 2.43. The Bertz CT molecular complexity index is 925. The van der Waals surface area contributed by atoms with Gasteiger partial charge in [-0.1, -0.05) is 41.9 Å². The molecule has 1 N–H and O–H groups in total. The summed E-state index contributed by atoms with van der Waals surface area (Å²) in [5.41, 5.74) is 2.02.